The summed E-state index contributed by atoms with van der Waals surface area (Å²) in [5.41, 5.74) is 0.706. The van der Waals surface area contributed by atoms with Gasteiger partial charge in [-0.25, -0.2) is 4.79 Å². The predicted molar refractivity (Wildman–Crippen MR) is 68.2 cm³/mol. The molecule has 4 nitrogen and oxygen atoms in total. The van der Waals surface area contributed by atoms with Crippen LogP contribution in [-0.2, 0) is 9.53 Å². The zero-order valence-corrected chi connectivity index (χ0v) is 10.9. The fourth-order valence-corrected chi connectivity index (χ4v) is 1.69. The molecule has 0 aliphatic carbocycles. The highest BCUT2D eigenvalue weighted by atomic mass is 79.9. The molecule has 0 heterocycles. The summed E-state index contributed by atoms with van der Waals surface area (Å²) in [5.74, 6) is -0.380. The maximum atomic E-state index is 10.5. The number of methoxy groups -OCH3 is 1. The first-order valence-electron chi connectivity index (χ1n) is 4.96. The van der Waals surface area contributed by atoms with E-state index in [2.05, 4.69) is 15.9 Å². The number of rotatable bonds is 6. The van der Waals surface area contributed by atoms with E-state index in [1.54, 1.807) is 13.2 Å². The van der Waals surface area contributed by atoms with Crippen molar-refractivity contribution in [3.63, 3.8) is 0 Å². The van der Waals surface area contributed by atoms with Crippen molar-refractivity contribution in [2.75, 3.05) is 20.3 Å². The van der Waals surface area contributed by atoms with Gasteiger partial charge in [0.15, 0.2) is 0 Å². The minimum atomic E-state index is -0.993. The van der Waals surface area contributed by atoms with Crippen molar-refractivity contribution < 1.29 is 19.4 Å². The van der Waals surface area contributed by atoms with Crippen LogP contribution in [0.3, 0.4) is 0 Å². The quantitative estimate of drug-likeness (QED) is 0.648. The highest BCUT2D eigenvalue weighted by Gasteiger charge is 2.05. The largest absolute Gasteiger partial charge is 0.489 e. The molecule has 1 rings (SSSR count). The third kappa shape index (κ3) is 4.58. The van der Waals surface area contributed by atoms with Crippen molar-refractivity contribution in [1.29, 1.82) is 0 Å². The maximum Gasteiger partial charge on any atom is 0.328 e. The van der Waals surface area contributed by atoms with Crippen molar-refractivity contribution in [3.8, 4) is 5.75 Å². The first-order valence-corrected chi connectivity index (χ1v) is 5.75. The fraction of sp³-hybridized carbons (Fsp3) is 0.250. The van der Waals surface area contributed by atoms with Crippen molar-refractivity contribution in [3.05, 3.63) is 34.3 Å². The van der Waals surface area contributed by atoms with Crippen LogP contribution in [-0.4, -0.2) is 31.4 Å². The van der Waals surface area contributed by atoms with Crippen LogP contribution in [0.4, 0.5) is 0 Å². The predicted octanol–water partition coefficient (Wildman–Crippen LogP) is 2.57. The topological polar surface area (TPSA) is 55.8 Å². The molecule has 17 heavy (non-hydrogen) atoms. The molecule has 0 fully saturated rings. The first kappa shape index (κ1) is 13.7. The highest BCUT2D eigenvalue weighted by Crippen LogP contribution is 2.29. The Morgan fingerprint density at radius 3 is 2.88 bits per heavy atom. The van der Waals surface area contributed by atoms with Crippen LogP contribution in [0.2, 0.25) is 0 Å². The van der Waals surface area contributed by atoms with Gasteiger partial charge in [-0.05, 0) is 28.1 Å². The number of hydrogen-bond donors (Lipinski definition) is 1. The molecule has 0 saturated carbocycles. The lowest BCUT2D eigenvalue weighted by Gasteiger charge is -2.10. The summed E-state index contributed by atoms with van der Waals surface area (Å²) in [7, 11) is 1.59. The number of benzene rings is 1. The molecule has 0 saturated heterocycles. The van der Waals surface area contributed by atoms with Gasteiger partial charge in [0.2, 0.25) is 0 Å². The minimum Gasteiger partial charge on any atom is -0.489 e. The van der Waals surface area contributed by atoms with Crippen LogP contribution in [0.5, 0.6) is 5.75 Å². The number of aliphatic carboxylic acids is 1. The average molecular weight is 301 g/mol. The molecular weight excluding hydrogens is 288 g/mol. The Balaban J connectivity index is 2.87. The van der Waals surface area contributed by atoms with Gasteiger partial charge in [0.05, 0.1) is 11.1 Å². The van der Waals surface area contributed by atoms with Gasteiger partial charge in [-0.2, -0.15) is 0 Å². The van der Waals surface area contributed by atoms with Crippen LogP contribution >= 0.6 is 15.9 Å². The van der Waals surface area contributed by atoms with E-state index in [0.29, 0.717) is 24.5 Å². The molecule has 0 atom stereocenters. The van der Waals surface area contributed by atoms with Gasteiger partial charge in [0.1, 0.15) is 12.4 Å². The van der Waals surface area contributed by atoms with Gasteiger partial charge < -0.3 is 14.6 Å². The van der Waals surface area contributed by atoms with Crippen LogP contribution in [0.1, 0.15) is 5.56 Å². The Morgan fingerprint density at radius 2 is 2.24 bits per heavy atom. The average Bonchev–Trinajstić information content (AvgIpc) is 2.29. The molecule has 0 radical (unpaired) electrons. The molecule has 1 aromatic rings. The summed E-state index contributed by atoms with van der Waals surface area (Å²) in [6, 6.07) is 5.43. The number of carboxylic acid groups (broad SMARTS) is 1. The van der Waals surface area contributed by atoms with E-state index in [4.69, 9.17) is 14.6 Å². The van der Waals surface area contributed by atoms with E-state index in [9.17, 15) is 4.79 Å². The molecule has 0 aliphatic heterocycles. The van der Waals surface area contributed by atoms with E-state index < -0.39 is 5.97 Å². The Morgan fingerprint density at radius 1 is 1.47 bits per heavy atom. The van der Waals surface area contributed by atoms with Crippen molar-refractivity contribution in [1.82, 2.24) is 0 Å². The first-order chi connectivity index (χ1) is 8.15. The number of carboxylic acids is 1. The second-order valence-corrected chi connectivity index (χ2v) is 4.03. The number of halogens is 1. The summed E-state index contributed by atoms with van der Waals surface area (Å²) < 4.78 is 11.2. The second kappa shape index (κ2) is 7.09. The van der Waals surface area contributed by atoms with Crippen LogP contribution in [0.15, 0.2) is 28.7 Å². The van der Waals surface area contributed by atoms with Gasteiger partial charge in [-0.15, -0.1) is 0 Å². The molecule has 0 aliphatic rings. The van der Waals surface area contributed by atoms with E-state index >= 15 is 0 Å². The number of ether oxygens (including phenoxy) is 2. The Kier molecular flexibility index (Phi) is 5.72. The molecule has 5 heteroatoms. The van der Waals surface area contributed by atoms with Crippen LogP contribution < -0.4 is 4.74 Å². The highest BCUT2D eigenvalue weighted by molar-refractivity contribution is 9.10. The SMILES string of the molecule is COCCOc1c(Br)cccc1/C=C/C(=O)O. The molecule has 0 unspecified atom stereocenters. The number of para-hydroxylation sites is 1. The maximum absolute atomic E-state index is 10.5. The third-order valence-corrected chi connectivity index (χ3v) is 2.56. The van der Waals surface area contributed by atoms with Gasteiger partial charge in [-0.1, -0.05) is 12.1 Å². The summed E-state index contributed by atoms with van der Waals surface area (Å²) in [6.45, 7) is 0.885. The van der Waals surface area contributed by atoms with E-state index in [-0.39, 0.29) is 0 Å². The number of carbonyl (C=O) groups is 1. The Hall–Kier alpha value is -1.33. The van der Waals surface area contributed by atoms with Gasteiger partial charge >= 0.3 is 5.97 Å². The lowest BCUT2D eigenvalue weighted by molar-refractivity contribution is -0.131. The summed E-state index contributed by atoms with van der Waals surface area (Å²) in [4.78, 5) is 10.5. The minimum absolute atomic E-state index is 0.410. The van der Waals surface area contributed by atoms with Crippen molar-refractivity contribution in [2.45, 2.75) is 0 Å². The Bertz CT molecular complexity index is 415. The zero-order chi connectivity index (χ0) is 12.7. The standard InChI is InChI=1S/C12H13BrO4/c1-16-7-8-17-12-9(5-6-11(14)15)3-2-4-10(12)13/h2-6H,7-8H2,1H3,(H,14,15)/b6-5+. The zero-order valence-electron chi connectivity index (χ0n) is 9.35. The molecular formula is C12H13BrO4. The molecule has 1 N–H and O–H groups in total. The third-order valence-electron chi connectivity index (χ3n) is 1.94. The van der Waals surface area contributed by atoms with E-state index in [1.807, 2.05) is 12.1 Å². The molecule has 0 spiro atoms. The van der Waals surface area contributed by atoms with E-state index in [1.165, 1.54) is 6.08 Å². The van der Waals surface area contributed by atoms with Crippen molar-refractivity contribution in [2.24, 2.45) is 0 Å². The van der Waals surface area contributed by atoms with Crippen LogP contribution in [0, 0.1) is 0 Å². The smallest absolute Gasteiger partial charge is 0.328 e. The normalized spacial score (nSPS) is 10.7. The van der Waals surface area contributed by atoms with Gasteiger partial charge in [0.25, 0.3) is 0 Å². The summed E-state index contributed by atoms with van der Waals surface area (Å²) in [5, 5.41) is 8.59. The molecule has 1 aromatic carbocycles. The Labute approximate surface area is 108 Å². The van der Waals surface area contributed by atoms with Gasteiger partial charge in [-0.3, -0.25) is 0 Å². The monoisotopic (exact) mass is 300 g/mol. The molecule has 92 valence electrons. The lowest BCUT2D eigenvalue weighted by atomic mass is 10.2. The summed E-state index contributed by atoms with van der Waals surface area (Å²) in [6.07, 6.45) is 2.57. The van der Waals surface area contributed by atoms with Crippen LogP contribution in [0.25, 0.3) is 6.08 Å². The molecule has 0 amide bonds. The second-order valence-electron chi connectivity index (χ2n) is 3.17. The molecule has 0 bridgehead atoms. The van der Waals surface area contributed by atoms with Crippen molar-refractivity contribution >= 4 is 28.0 Å². The number of hydrogen-bond acceptors (Lipinski definition) is 3. The lowest BCUT2D eigenvalue weighted by Crippen LogP contribution is -2.05. The fourth-order valence-electron chi connectivity index (χ4n) is 1.20. The molecule has 0 aromatic heterocycles. The summed E-state index contributed by atoms with van der Waals surface area (Å²) >= 11 is 3.36. The van der Waals surface area contributed by atoms with Gasteiger partial charge in [0, 0.05) is 18.7 Å². The van der Waals surface area contributed by atoms with E-state index in [0.717, 1.165) is 10.5 Å².